The van der Waals surface area contributed by atoms with E-state index in [1.54, 1.807) is 0 Å². The van der Waals surface area contributed by atoms with Crippen molar-refractivity contribution in [2.24, 2.45) is 0 Å². The van der Waals surface area contributed by atoms with E-state index in [1.165, 1.54) is 37.5 Å². The third-order valence-electron chi connectivity index (χ3n) is 2.18. The van der Waals surface area contributed by atoms with Crippen molar-refractivity contribution in [1.29, 1.82) is 0 Å². The van der Waals surface area contributed by atoms with Crippen molar-refractivity contribution < 1.29 is 27.0 Å². The fourth-order valence-corrected chi connectivity index (χ4v) is 1.14. The van der Waals surface area contributed by atoms with Gasteiger partial charge in [0.15, 0.2) is 0 Å². The first-order valence-corrected chi connectivity index (χ1v) is 6.00. The van der Waals surface area contributed by atoms with Gasteiger partial charge in [0.25, 0.3) is 0 Å². The Balaban J connectivity index is 0.000000265. The molecule has 0 saturated heterocycles. The summed E-state index contributed by atoms with van der Waals surface area (Å²) < 4.78 is 0. The normalized spacial score (nSPS) is 12.9. The molecule has 0 atom stereocenters. The average Bonchev–Trinajstić information content (AvgIpc) is 2.53. The third kappa shape index (κ3) is 4.67. The van der Waals surface area contributed by atoms with Crippen molar-refractivity contribution in [3.05, 3.63) is 22.8 Å². The standard InChI is InChI=1S/C8H12.3CO.Mn/c1-6-4-5-7(2)8(6)3;3*1-2;/h4H,5H2,1-3H3;;;;. The zero-order chi connectivity index (χ0) is 11.8. The molecule has 15 heavy (non-hydrogen) atoms. The molecule has 0 fully saturated rings. The minimum atomic E-state index is -2.30. The van der Waals surface area contributed by atoms with Crippen LogP contribution in [0.15, 0.2) is 22.8 Å². The molecule has 0 amide bonds. The van der Waals surface area contributed by atoms with Gasteiger partial charge >= 0.3 is 41.3 Å². The van der Waals surface area contributed by atoms with Crippen LogP contribution in [0.2, 0.25) is 0 Å². The van der Waals surface area contributed by atoms with Gasteiger partial charge < -0.3 is 0 Å². The molecule has 1 aliphatic carbocycles. The Morgan fingerprint density at radius 2 is 1.53 bits per heavy atom. The number of hydrogen-bond acceptors (Lipinski definition) is 3. The molecule has 0 N–H and O–H groups in total. The van der Waals surface area contributed by atoms with Crippen molar-refractivity contribution in [2.75, 3.05) is 0 Å². The summed E-state index contributed by atoms with van der Waals surface area (Å²) >= 11 is -2.30. The first-order chi connectivity index (χ1) is 7.06. The van der Waals surface area contributed by atoms with Crippen LogP contribution in [0.3, 0.4) is 0 Å². The number of rotatable bonds is 0. The second kappa shape index (κ2) is 7.09. The Kier molecular flexibility index (Phi) is 6.49. The maximum absolute atomic E-state index is 9.36. The van der Waals surface area contributed by atoms with Crippen molar-refractivity contribution in [3.63, 3.8) is 0 Å². The molecule has 4 heteroatoms. The van der Waals surface area contributed by atoms with Crippen LogP contribution >= 0.6 is 0 Å². The van der Waals surface area contributed by atoms with Crippen molar-refractivity contribution in [3.8, 4) is 0 Å². The van der Waals surface area contributed by atoms with E-state index in [9.17, 15) is 14.4 Å². The summed E-state index contributed by atoms with van der Waals surface area (Å²) in [5.41, 5.74) is 4.48. The Morgan fingerprint density at radius 3 is 1.60 bits per heavy atom. The summed E-state index contributed by atoms with van der Waals surface area (Å²) in [5, 5.41) is 0. The molecule has 0 saturated carbocycles. The molecule has 0 aliphatic heterocycles. The second-order valence-corrected chi connectivity index (χ2v) is 4.62. The minimum absolute atomic E-state index is 1.18. The molecule has 0 aromatic rings. The van der Waals surface area contributed by atoms with Crippen LogP contribution in [-0.2, 0) is 27.0 Å². The predicted octanol–water partition coefficient (Wildman–Crippen LogP) is 1.48. The molecule has 0 bridgehead atoms. The SMILES string of the molecule is CC1=CCC(C)=C1C.O=[C]=[Mn](=[C]=O)=[C]=O. The number of allylic oxidation sites excluding steroid dienone is 4. The Bertz CT molecular complexity index is 465. The fourth-order valence-electron chi connectivity index (χ4n) is 0.996. The molecule has 0 radical (unpaired) electrons. The summed E-state index contributed by atoms with van der Waals surface area (Å²) in [6, 6.07) is 0. The molecule has 0 spiro atoms. The summed E-state index contributed by atoms with van der Waals surface area (Å²) in [5.74, 6) is 0. The molecule has 0 heterocycles. The van der Waals surface area contributed by atoms with Gasteiger partial charge in [-0.3, -0.25) is 0 Å². The van der Waals surface area contributed by atoms with Gasteiger partial charge in [-0.15, -0.1) is 0 Å². The van der Waals surface area contributed by atoms with E-state index in [0.29, 0.717) is 0 Å². The fraction of sp³-hybridized carbons (Fsp3) is 0.364. The van der Waals surface area contributed by atoms with Gasteiger partial charge in [0.2, 0.25) is 0 Å². The molecular weight excluding hydrogens is 235 g/mol. The third-order valence-corrected chi connectivity index (χ3v) is 2.90. The van der Waals surface area contributed by atoms with Gasteiger partial charge in [-0.25, -0.2) is 0 Å². The summed E-state index contributed by atoms with van der Waals surface area (Å²) in [6.45, 7) is 6.56. The van der Waals surface area contributed by atoms with Gasteiger partial charge in [0, 0.05) is 0 Å². The molecule has 0 aromatic heterocycles. The van der Waals surface area contributed by atoms with E-state index < -0.39 is 12.6 Å². The van der Waals surface area contributed by atoms with Crippen LogP contribution in [-0.4, -0.2) is 14.4 Å². The maximum atomic E-state index is 9.36. The zero-order valence-electron chi connectivity index (χ0n) is 8.89. The van der Waals surface area contributed by atoms with Crippen molar-refractivity contribution in [1.82, 2.24) is 0 Å². The Labute approximate surface area is 91.6 Å². The summed E-state index contributed by atoms with van der Waals surface area (Å²) in [4.78, 5) is 31.7. The van der Waals surface area contributed by atoms with Crippen molar-refractivity contribution in [2.45, 2.75) is 27.2 Å². The topological polar surface area (TPSA) is 51.2 Å². The van der Waals surface area contributed by atoms with E-state index >= 15 is 0 Å². The van der Waals surface area contributed by atoms with Crippen LogP contribution in [0.25, 0.3) is 0 Å². The van der Waals surface area contributed by atoms with Gasteiger partial charge in [-0.1, -0.05) is 17.2 Å². The van der Waals surface area contributed by atoms with Crippen LogP contribution in [0, 0.1) is 0 Å². The molecule has 0 aromatic carbocycles. The molecule has 1 rings (SSSR count). The monoisotopic (exact) mass is 247 g/mol. The first kappa shape index (κ1) is 13.7. The molecule has 3 nitrogen and oxygen atoms in total. The predicted molar refractivity (Wildman–Crippen MR) is 53.8 cm³/mol. The van der Waals surface area contributed by atoms with Gasteiger partial charge in [-0.05, 0) is 32.8 Å². The van der Waals surface area contributed by atoms with Crippen molar-refractivity contribution >= 4 is 14.4 Å². The number of carbonyl (C=O) groups excluding carboxylic acids is 3. The van der Waals surface area contributed by atoms with E-state index in [4.69, 9.17) is 0 Å². The van der Waals surface area contributed by atoms with Crippen LogP contribution in [0.4, 0.5) is 0 Å². The molecular formula is C11H12MnO3. The van der Waals surface area contributed by atoms with Gasteiger partial charge in [-0.2, -0.15) is 0 Å². The Hall–Kier alpha value is -1.26. The van der Waals surface area contributed by atoms with Gasteiger partial charge in [0.05, 0.1) is 0 Å². The molecule has 1 aliphatic rings. The van der Waals surface area contributed by atoms with E-state index in [2.05, 4.69) is 26.8 Å². The summed E-state index contributed by atoms with van der Waals surface area (Å²) in [6.07, 6.45) is 3.46. The molecule has 0 unspecified atom stereocenters. The first-order valence-electron chi connectivity index (χ1n) is 4.23. The molecule has 81 valence electrons. The van der Waals surface area contributed by atoms with Crippen LogP contribution in [0.5, 0.6) is 0 Å². The summed E-state index contributed by atoms with van der Waals surface area (Å²) in [7, 11) is 0. The number of hydrogen-bond donors (Lipinski definition) is 0. The van der Waals surface area contributed by atoms with E-state index in [1.807, 2.05) is 0 Å². The average molecular weight is 247 g/mol. The second-order valence-electron chi connectivity index (χ2n) is 3.01. The van der Waals surface area contributed by atoms with Gasteiger partial charge in [0.1, 0.15) is 0 Å². The van der Waals surface area contributed by atoms with Crippen LogP contribution < -0.4 is 0 Å². The van der Waals surface area contributed by atoms with E-state index in [-0.39, 0.29) is 0 Å². The quantitative estimate of drug-likeness (QED) is 0.609. The van der Waals surface area contributed by atoms with E-state index in [0.717, 1.165) is 0 Å². The zero-order valence-corrected chi connectivity index (χ0v) is 10.1. The van der Waals surface area contributed by atoms with Crippen LogP contribution in [0.1, 0.15) is 27.2 Å². The Morgan fingerprint density at radius 1 is 1.07 bits per heavy atom.